The lowest BCUT2D eigenvalue weighted by Gasteiger charge is -1.92. The van der Waals surface area contributed by atoms with Crippen LogP contribution < -0.4 is 0 Å². The van der Waals surface area contributed by atoms with Crippen molar-refractivity contribution in [3.63, 3.8) is 0 Å². The first-order chi connectivity index (χ1) is 4.70. The zero-order valence-electron chi connectivity index (χ0n) is 6.76. The number of allylic oxidation sites excluding steroid dienone is 4. The Morgan fingerprint density at radius 1 is 1.60 bits per heavy atom. The van der Waals surface area contributed by atoms with Crippen LogP contribution in [-0.4, -0.2) is 0 Å². The normalized spacial score (nSPS) is 15.2. The number of rotatable bonds is 2. The van der Waals surface area contributed by atoms with Crippen LogP contribution in [0, 0.1) is 17.2 Å². The van der Waals surface area contributed by atoms with Crippen molar-refractivity contribution in [1.82, 2.24) is 0 Å². The molecule has 1 unspecified atom stereocenters. The Kier molecular flexibility index (Phi) is 4.32. The molecule has 54 valence electrons. The largest absolute Gasteiger partial charge is 0.198 e. The minimum Gasteiger partial charge on any atom is -0.198 e. The smallest absolute Gasteiger partial charge is 0.0694 e. The van der Waals surface area contributed by atoms with Crippen LogP contribution in [0.5, 0.6) is 0 Å². The van der Waals surface area contributed by atoms with E-state index in [0.717, 1.165) is 5.57 Å². The van der Waals surface area contributed by atoms with Gasteiger partial charge in [0.05, 0.1) is 12.0 Å². The molecular formula is C9H13N. The van der Waals surface area contributed by atoms with Gasteiger partial charge in [0.1, 0.15) is 0 Å². The van der Waals surface area contributed by atoms with Gasteiger partial charge in [0.15, 0.2) is 0 Å². The van der Waals surface area contributed by atoms with Gasteiger partial charge in [0, 0.05) is 0 Å². The highest BCUT2D eigenvalue weighted by atomic mass is 14.2. The molecular weight excluding hydrogens is 122 g/mol. The minimum absolute atomic E-state index is 0.0243. The summed E-state index contributed by atoms with van der Waals surface area (Å²) in [6.45, 7) is 5.84. The molecule has 0 saturated carbocycles. The zero-order valence-corrected chi connectivity index (χ0v) is 6.76. The molecule has 10 heavy (non-hydrogen) atoms. The first-order valence-electron chi connectivity index (χ1n) is 3.41. The van der Waals surface area contributed by atoms with Gasteiger partial charge in [-0.15, -0.1) is 0 Å². The standard InChI is InChI=1S/C9H13N/c1-4-5-8(2)6-9(3)7-10/h4-6,9H,1-3H3/b5-4+,8-6+. The van der Waals surface area contributed by atoms with Crippen molar-refractivity contribution >= 4 is 0 Å². The lowest BCUT2D eigenvalue weighted by atomic mass is 10.1. The van der Waals surface area contributed by atoms with Gasteiger partial charge >= 0.3 is 0 Å². The summed E-state index contributed by atoms with van der Waals surface area (Å²) in [5.74, 6) is 0.0243. The number of hydrogen-bond donors (Lipinski definition) is 0. The monoisotopic (exact) mass is 135 g/mol. The predicted molar refractivity (Wildman–Crippen MR) is 43.3 cm³/mol. The van der Waals surface area contributed by atoms with Crippen molar-refractivity contribution < 1.29 is 0 Å². The van der Waals surface area contributed by atoms with Crippen LogP contribution in [0.25, 0.3) is 0 Å². The molecule has 0 aromatic rings. The molecule has 0 aromatic heterocycles. The highest BCUT2D eigenvalue weighted by molar-refractivity contribution is 5.18. The SMILES string of the molecule is C/C=C/C(C)=C/C(C)C#N. The van der Waals surface area contributed by atoms with Gasteiger partial charge in [0.25, 0.3) is 0 Å². The Morgan fingerprint density at radius 2 is 2.20 bits per heavy atom. The average Bonchev–Trinajstić information content (AvgIpc) is 1.88. The second-order valence-corrected chi connectivity index (χ2v) is 2.33. The molecule has 0 N–H and O–H groups in total. The lowest BCUT2D eigenvalue weighted by Crippen LogP contribution is -1.83. The van der Waals surface area contributed by atoms with E-state index in [9.17, 15) is 0 Å². The van der Waals surface area contributed by atoms with Gasteiger partial charge < -0.3 is 0 Å². The summed E-state index contributed by atoms with van der Waals surface area (Å²) in [6, 6.07) is 2.14. The van der Waals surface area contributed by atoms with E-state index in [1.54, 1.807) is 0 Å². The minimum atomic E-state index is 0.0243. The molecule has 1 heteroatoms. The molecule has 0 amide bonds. The Hall–Kier alpha value is -1.03. The van der Waals surface area contributed by atoms with Crippen LogP contribution in [0.2, 0.25) is 0 Å². The Labute approximate surface area is 62.7 Å². The lowest BCUT2D eigenvalue weighted by molar-refractivity contribution is 0.946. The summed E-state index contributed by atoms with van der Waals surface area (Å²) in [5, 5.41) is 8.43. The van der Waals surface area contributed by atoms with Gasteiger partial charge in [-0.3, -0.25) is 0 Å². The first kappa shape index (κ1) is 8.97. The van der Waals surface area contributed by atoms with Crippen LogP contribution in [0.3, 0.4) is 0 Å². The Bertz CT molecular complexity index is 181. The van der Waals surface area contributed by atoms with E-state index in [1.807, 2.05) is 39.0 Å². The van der Waals surface area contributed by atoms with Crippen molar-refractivity contribution in [2.75, 3.05) is 0 Å². The first-order valence-corrected chi connectivity index (χ1v) is 3.41. The quantitative estimate of drug-likeness (QED) is 0.534. The van der Waals surface area contributed by atoms with Crippen molar-refractivity contribution in [3.05, 3.63) is 23.8 Å². The summed E-state index contributed by atoms with van der Waals surface area (Å²) in [5.41, 5.74) is 1.15. The third-order valence-corrected chi connectivity index (χ3v) is 1.15. The van der Waals surface area contributed by atoms with Gasteiger partial charge in [0.2, 0.25) is 0 Å². The zero-order chi connectivity index (χ0) is 7.98. The molecule has 1 atom stereocenters. The summed E-state index contributed by atoms with van der Waals surface area (Å²) >= 11 is 0. The molecule has 0 rings (SSSR count). The van der Waals surface area contributed by atoms with Crippen molar-refractivity contribution in [2.45, 2.75) is 20.8 Å². The van der Waals surface area contributed by atoms with Crippen molar-refractivity contribution in [2.24, 2.45) is 5.92 Å². The number of hydrogen-bond acceptors (Lipinski definition) is 1. The third-order valence-electron chi connectivity index (χ3n) is 1.15. The maximum atomic E-state index is 8.43. The second-order valence-electron chi connectivity index (χ2n) is 2.33. The summed E-state index contributed by atoms with van der Waals surface area (Å²) < 4.78 is 0. The highest BCUT2D eigenvalue weighted by Gasteiger charge is 1.91. The molecule has 0 bridgehead atoms. The topological polar surface area (TPSA) is 23.8 Å². The van der Waals surface area contributed by atoms with E-state index in [4.69, 9.17) is 5.26 Å². The fraction of sp³-hybridized carbons (Fsp3) is 0.444. The van der Waals surface area contributed by atoms with E-state index < -0.39 is 0 Å². The van der Waals surface area contributed by atoms with Crippen LogP contribution in [0.4, 0.5) is 0 Å². The average molecular weight is 135 g/mol. The molecule has 0 aliphatic rings. The summed E-state index contributed by atoms with van der Waals surface area (Å²) in [7, 11) is 0. The van der Waals surface area contributed by atoms with Crippen LogP contribution in [0.1, 0.15) is 20.8 Å². The van der Waals surface area contributed by atoms with E-state index >= 15 is 0 Å². The van der Waals surface area contributed by atoms with Crippen molar-refractivity contribution in [3.8, 4) is 6.07 Å². The molecule has 0 radical (unpaired) electrons. The van der Waals surface area contributed by atoms with Crippen LogP contribution >= 0.6 is 0 Å². The summed E-state index contributed by atoms with van der Waals surface area (Å²) in [6.07, 6.45) is 5.91. The molecule has 0 heterocycles. The number of nitrogens with zero attached hydrogens (tertiary/aromatic N) is 1. The molecule has 0 saturated heterocycles. The van der Waals surface area contributed by atoms with Gasteiger partial charge in [-0.1, -0.05) is 23.8 Å². The van der Waals surface area contributed by atoms with E-state index in [1.165, 1.54) is 0 Å². The summed E-state index contributed by atoms with van der Waals surface area (Å²) in [4.78, 5) is 0. The van der Waals surface area contributed by atoms with Crippen molar-refractivity contribution in [1.29, 1.82) is 5.26 Å². The van der Waals surface area contributed by atoms with Crippen LogP contribution in [-0.2, 0) is 0 Å². The molecule has 0 aliphatic heterocycles. The fourth-order valence-electron chi connectivity index (χ4n) is 0.750. The molecule has 0 aromatic carbocycles. The molecule has 1 nitrogen and oxygen atoms in total. The van der Waals surface area contributed by atoms with E-state index in [0.29, 0.717) is 0 Å². The Balaban J connectivity index is 4.05. The second kappa shape index (κ2) is 4.81. The van der Waals surface area contributed by atoms with E-state index in [2.05, 4.69) is 6.07 Å². The molecule has 0 fully saturated rings. The number of nitriles is 1. The Morgan fingerprint density at radius 3 is 2.60 bits per heavy atom. The molecule has 0 spiro atoms. The molecule has 0 aliphatic carbocycles. The maximum absolute atomic E-state index is 8.43. The predicted octanol–water partition coefficient (Wildman–Crippen LogP) is 2.67. The third kappa shape index (κ3) is 3.91. The van der Waals surface area contributed by atoms with Gasteiger partial charge in [-0.25, -0.2) is 0 Å². The van der Waals surface area contributed by atoms with Gasteiger partial charge in [-0.05, 0) is 20.8 Å². The highest BCUT2D eigenvalue weighted by Crippen LogP contribution is 2.01. The fourth-order valence-corrected chi connectivity index (χ4v) is 0.750. The van der Waals surface area contributed by atoms with Crippen LogP contribution in [0.15, 0.2) is 23.8 Å². The van der Waals surface area contributed by atoms with Gasteiger partial charge in [-0.2, -0.15) is 5.26 Å². The maximum Gasteiger partial charge on any atom is 0.0694 e. The van der Waals surface area contributed by atoms with E-state index in [-0.39, 0.29) is 5.92 Å².